The molecule has 18 heavy (non-hydrogen) atoms. The van der Waals surface area contributed by atoms with Gasteiger partial charge in [0, 0.05) is 16.3 Å². The van der Waals surface area contributed by atoms with E-state index in [1.165, 1.54) is 11.3 Å². The number of aryl methyl sites for hydroxylation is 2. The first-order valence-electron chi connectivity index (χ1n) is 5.62. The van der Waals surface area contributed by atoms with Crippen molar-refractivity contribution in [3.8, 4) is 0 Å². The first-order valence-corrected chi connectivity index (χ1v) is 7.91. The Morgan fingerprint density at radius 2 is 2.17 bits per heavy atom. The van der Waals surface area contributed by atoms with E-state index in [0.29, 0.717) is 18.1 Å². The van der Waals surface area contributed by atoms with Gasteiger partial charge < -0.3 is 4.74 Å². The van der Waals surface area contributed by atoms with Crippen LogP contribution in [0.5, 0.6) is 0 Å². The molecule has 1 aromatic rings. The van der Waals surface area contributed by atoms with E-state index >= 15 is 0 Å². The highest BCUT2D eigenvalue weighted by Gasteiger charge is 2.18. The molecule has 0 unspecified atom stereocenters. The monoisotopic (exact) mass is 289 g/mol. The summed E-state index contributed by atoms with van der Waals surface area (Å²) in [6.45, 7) is 10.3. The van der Waals surface area contributed by atoms with E-state index in [-0.39, 0.29) is 6.54 Å². The molecule has 0 atom stereocenters. The number of hydrogen-bond acceptors (Lipinski definition) is 4. The molecule has 0 bridgehead atoms. The second kappa shape index (κ2) is 6.47. The number of thiophene rings is 1. The maximum absolute atomic E-state index is 12.0. The molecule has 6 heteroatoms. The molecule has 1 N–H and O–H groups in total. The van der Waals surface area contributed by atoms with Gasteiger partial charge in [-0.3, -0.25) is 0 Å². The van der Waals surface area contributed by atoms with Gasteiger partial charge in [0.25, 0.3) is 0 Å². The van der Waals surface area contributed by atoms with Gasteiger partial charge in [-0.05, 0) is 26.8 Å². The Morgan fingerprint density at radius 1 is 1.50 bits per heavy atom. The van der Waals surface area contributed by atoms with Gasteiger partial charge in [0.2, 0.25) is 10.0 Å². The molecular weight excluding hydrogens is 270 g/mol. The van der Waals surface area contributed by atoms with Gasteiger partial charge in [0.1, 0.15) is 0 Å². The average molecular weight is 289 g/mol. The van der Waals surface area contributed by atoms with Crippen molar-refractivity contribution in [2.24, 2.45) is 0 Å². The fourth-order valence-electron chi connectivity index (χ4n) is 1.45. The summed E-state index contributed by atoms with van der Waals surface area (Å²) in [6.07, 6.45) is 0. The van der Waals surface area contributed by atoms with Crippen molar-refractivity contribution in [2.75, 3.05) is 19.8 Å². The summed E-state index contributed by atoms with van der Waals surface area (Å²) in [5.41, 5.74) is 0.919. The van der Waals surface area contributed by atoms with Gasteiger partial charge >= 0.3 is 0 Å². The zero-order valence-electron chi connectivity index (χ0n) is 10.9. The first-order chi connectivity index (χ1) is 8.33. The summed E-state index contributed by atoms with van der Waals surface area (Å²) in [5, 5.41) is 0. The molecule has 102 valence electrons. The molecule has 0 fully saturated rings. The van der Waals surface area contributed by atoms with Crippen molar-refractivity contribution in [3.63, 3.8) is 0 Å². The predicted octanol–water partition coefficient (Wildman–Crippen LogP) is 2.24. The lowest BCUT2D eigenvalue weighted by Crippen LogP contribution is -2.27. The Kier molecular flexibility index (Phi) is 5.52. The minimum atomic E-state index is -3.41. The topological polar surface area (TPSA) is 55.4 Å². The number of ether oxygens (including phenoxy) is 1. The second-order valence-corrected chi connectivity index (χ2v) is 7.38. The third-order valence-electron chi connectivity index (χ3n) is 2.17. The largest absolute Gasteiger partial charge is 0.376 e. The highest BCUT2D eigenvalue weighted by atomic mass is 32.2. The number of sulfonamides is 1. The van der Waals surface area contributed by atoms with E-state index in [4.69, 9.17) is 4.74 Å². The van der Waals surface area contributed by atoms with E-state index in [1.54, 1.807) is 6.07 Å². The van der Waals surface area contributed by atoms with E-state index in [2.05, 4.69) is 11.3 Å². The van der Waals surface area contributed by atoms with Gasteiger partial charge in [0.05, 0.1) is 18.1 Å². The Labute approximate surface area is 113 Å². The van der Waals surface area contributed by atoms with Crippen LogP contribution in [0.3, 0.4) is 0 Å². The lowest BCUT2D eigenvalue weighted by molar-refractivity contribution is 0.162. The normalized spacial score (nSPS) is 11.7. The highest BCUT2D eigenvalue weighted by Crippen LogP contribution is 2.24. The molecule has 0 aromatic carbocycles. The van der Waals surface area contributed by atoms with E-state index in [0.717, 1.165) is 15.3 Å². The first kappa shape index (κ1) is 15.4. The van der Waals surface area contributed by atoms with E-state index < -0.39 is 10.0 Å². The number of hydrogen-bond donors (Lipinski definition) is 1. The van der Waals surface area contributed by atoms with Crippen molar-refractivity contribution in [3.05, 3.63) is 28.0 Å². The van der Waals surface area contributed by atoms with Crippen LogP contribution in [0, 0.1) is 13.8 Å². The summed E-state index contributed by atoms with van der Waals surface area (Å²) >= 11 is 1.48. The highest BCUT2D eigenvalue weighted by molar-refractivity contribution is 7.89. The van der Waals surface area contributed by atoms with Crippen molar-refractivity contribution in [1.29, 1.82) is 0 Å². The van der Waals surface area contributed by atoms with Crippen molar-refractivity contribution in [2.45, 2.75) is 25.7 Å². The van der Waals surface area contributed by atoms with Crippen LogP contribution in [0.4, 0.5) is 0 Å². The van der Waals surface area contributed by atoms with Crippen LogP contribution >= 0.6 is 11.3 Å². The quantitative estimate of drug-likeness (QED) is 0.618. The molecule has 1 heterocycles. The summed E-state index contributed by atoms with van der Waals surface area (Å²) in [5.74, 6) is 0. The molecule has 0 radical (unpaired) electrons. The molecule has 0 aliphatic rings. The summed E-state index contributed by atoms with van der Waals surface area (Å²) in [4.78, 5) is 2.17. The molecule has 0 aliphatic heterocycles. The van der Waals surface area contributed by atoms with Gasteiger partial charge in [-0.2, -0.15) is 0 Å². The maximum Gasteiger partial charge on any atom is 0.241 e. The number of rotatable bonds is 7. The third-order valence-corrected chi connectivity index (χ3v) is 4.85. The van der Waals surface area contributed by atoms with Crippen LogP contribution in [0.15, 0.2) is 23.1 Å². The fraction of sp³-hybridized carbons (Fsp3) is 0.500. The Hall–Kier alpha value is -0.690. The Bertz CT molecular complexity index is 517. The molecule has 1 aromatic heterocycles. The molecular formula is C12H19NO3S2. The van der Waals surface area contributed by atoms with Gasteiger partial charge in [-0.15, -0.1) is 11.3 Å². The number of nitrogens with one attached hydrogen (secondary N) is 1. The van der Waals surface area contributed by atoms with Crippen LogP contribution in [0.2, 0.25) is 0 Å². The Morgan fingerprint density at radius 3 is 2.67 bits per heavy atom. The molecule has 0 spiro atoms. The van der Waals surface area contributed by atoms with Crippen molar-refractivity contribution in [1.82, 2.24) is 4.72 Å². The summed E-state index contributed by atoms with van der Waals surface area (Å²) in [6, 6.07) is 1.69. The zero-order chi connectivity index (χ0) is 13.8. The molecule has 0 aliphatic carbocycles. The molecule has 0 saturated heterocycles. The Balaban J connectivity index is 2.51. The molecule has 0 amide bonds. The fourth-order valence-corrected chi connectivity index (χ4v) is 4.01. The van der Waals surface area contributed by atoms with Crippen LogP contribution in [-0.4, -0.2) is 28.2 Å². The molecule has 1 rings (SSSR count). The lowest BCUT2D eigenvalue weighted by Gasteiger charge is -2.07. The minimum absolute atomic E-state index is 0.268. The standard InChI is InChI=1S/C12H19NO3S2/c1-9(2)8-16-6-5-13-18(14,15)12-7-10(3)17-11(12)4/h7,13H,1,5-6,8H2,2-4H3. The van der Waals surface area contributed by atoms with Crippen LogP contribution in [0.25, 0.3) is 0 Å². The SMILES string of the molecule is C=C(C)COCCNS(=O)(=O)c1cc(C)sc1C. The summed E-state index contributed by atoms with van der Waals surface area (Å²) in [7, 11) is -3.41. The van der Waals surface area contributed by atoms with E-state index in [9.17, 15) is 8.42 Å². The zero-order valence-corrected chi connectivity index (χ0v) is 12.6. The van der Waals surface area contributed by atoms with Crippen LogP contribution in [-0.2, 0) is 14.8 Å². The van der Waals surface area contributed by atoms with Crippen LogP contribution in [0.1, 0.15) is 16.7 Å². The van der Waals surface area contributed by atoms with Gasteiger partial charge in [-0.25, -0.2) is 13.1 Å². The van der Waals surface area contributed by atoms with Crippen molar-refractivity contribution >= 4 is 21.4 Å². The second-order valence-electron chi connectivity index (χ2n) is 4.18. The summed E-state index contributed by atoms with van der Waals surface area (Å²) < 4.78 is 31.7. The van der Waals surface area contributed by atoms with Crippen LogP contribution < -0.4 is 4.72 Å². The smallest absolute Gasteiger partial charge is 0.241 e. The third kappa shape index (κ3) is 4.53. The van der Waals surface area contributed by atoms with E-state index in [1.807, 2.05) is 20.8 Å². The minimum Gasteiger partial charge on any atom is -0.376 e. The molecule has 0 saturated carbocycles. The maximum atomic E-state index is 12.0. The van der Waals surface area contributed by atoms with Crippen molar-refractivity contribution < 1.29 is 13.2 Å². The van der Waals surface area contributed by atoms with Gasteiger partial charge in [0.15, 0.2) is 0 Å². The lowest BCUT2D eigenvalue weighted by atomic mass is 10.4. The van der Waals surface area contributed by atoms with Gasteiger partial charge in [-0.1, -0.05) is 12.2 Å². The molecule has 4 nitrogen and oxygen atoms in total. The predicted molar refractivity (Wildman–Crippen MR) is 74.6 cm³/mol. The average Bonchev–Trinajstić information content (AvgIpc) is 2.57.